The summed E-state index contributed by atoms with van der Waals surface area (Å²) < 4.78 is 35.7. The lowest BCUT2D eigenvalue weighted by Gasteiger charge is -2.10. The molecule has 4 N–H and O–H groups in total. The molecule has 0 atom stereocenters. The van der Waals surface area contributed by atoms with Gasteiger partial charge in [-0.3, -0.25) is 0 Å². The third-order valence-corrected chi connectivity index (χ3v) is 2.07. The highest BCUT2D eigenvalue weighted by molar-refractivity contribution is 5.94. The van der Waals surface area contributed by atoms with E-state index in [1.807, 2.05) is 0 Å². The largest absolute Gasteiger partial charge is 0.478 e. The third kappa shape index (κ3) is 4.48. The van der Waals surface area contributed by atoms with E-state index in [1.54, 1.807) is 0 Å². The van der Waals surface area contributed by atoms with Crippen molar-refractivity contribution >= 4 is 17.5 Å². The maximum absolute atomic E-state index is 11.9. The Hall–Kier alpha value is -1.99. The van der Waals surface area contributed by atoms with E-state index >= 15 is 0 Å². The first-order valence-electron chi connectivity index (χ1n) is 5.09. The van der Waals surface area contributed by atoms with Crippen molar-refractivity contribution in [2.75, 3.05) is 17.6 Å². The zero-order chi connectivity index (χ0) is 13.8. The smallest absolute Gasteiger partial charge is 0.389 e. The number of aromatic carboxylic acids is 1. The van der Waals surface area contributed by atoms with Crippen molar-refractivity contribution in [1.29, 1.82) is 0 Å². The first kappa shape index (κ1) is 14.1. The lowest BCUT2D eigenvalue weighted by Crippen LogP contribution is -2.13. The van der Waals surface area contributed by atoms with E-state index in [9.17, 15) is 18.0 Å². The predicted octanol–water partition coefficient (Wildman–Crippen LogP) is 2.12. The minimum Gasteiger partial charge on any atom is -0.478 e. The fourth-order valence-electron chi connectivity index (χ4n) is 1.28. The molecule has 1 heterocycles. The first-order valence-corrected chi connectivity index (χ1v) is 5.09. The maximum atomic E-state index is 11.9. The molecule has 5 nitrogen and oxygen atoms in total. The number of halogens is 3. The molecule has 0 bridgehead atoms. The van der Waals surface area contributed by atoms with Gasteiger partial charge in [-0.15, -0.1) is 0 Å². The van der Waals surface area contributed by atoms with Gasteiger partial charge in [0, 0.05) is 13.0 Å². The second-order valence-corrected chi connectivity index (χ2v) is 3.62. The molecular weight excluding hydrogens is 251 g/mol. The van der Waals surface area contributed by atoms with Gasteiger partial charge >= 0.3 is 12.1 Å². The average molecular weight is 263 g/mol. The summed E-state index contributed by atoms with van der Waals surface area (Å²) in [6, 6.07) is 1.20. The van der Waals surface area contributed by atoms with Gasteiger partial charge in [0.2, 0.25) is 0 Å². The summed E-state index contributed by atoms with van der Waals surface area (Å²) >= 11 is 0. The van der Waals surface area contributed by atoms with Crippen molar-refractivity contribution in [3.63, 3.8) is 0 Å². The van der Waals surface area contributed by atoms with Crippen molar-refractivity contribution in [3.8, 4) is 0 Å². The third-order valence-electron chi connectivity index (χ3n) is 2.07. The fourth-order valence-corrected chi connectivity index (χ4v) is 1.28. The topological polar surface area (TPSA) is 88.2 Å². The van der Waals surface area contributed by atoms with Crippen molar-refractivity contribution in [1.82, 2.24) is 4.98 Å². The van der Waals surface area contributed by atoms with E-state index < -0.39 is 18.6 Å². The fraction of sp³-hybridized carbons (Fsp3) is 0.400. The summed E-state index contributed by atoms with van der Waals surface area (Å²) in [6.07, 6.45) is -4.07. The summed E-state index contributed by atoms with van der Waals surface area (Å²) in [4.78, 5) is 14.6. The Morgan fingerprint density at radius 2 is 2.17 bits per heavy atom. The maximum Gasteiger partial charge on any atom is 0.389 e. The number of hydrogen-bond donors (Lipinski definition) is 3. The number of nitrogens with zero attached hydrogens (tertiary/aromatic N) is 1. The molecule has 1 rings (SSSR count). The van der Waals surface area contributed by atoms with Gasteiger partial charge in [-0.05, 0) is 12.5 Å². The molecule has 1 aromatic heterocycles. The predicted molar refractivity (Wildman–Crippen MR) is 59.4 cm³/mol. The molecule has 0 amide bonds. The summed E-state index contributed by atoms with van der Waals surface area (Å²) in [5, 5.41) is 11.4. The zero-order valence-electron chi connectivity index (χ0n) is 9.29. The average Bonchev–Trinajstić information content (AvgIpc) is 2.24. The molecule has 8 heteroatoms. The summed E-state index contributed by atoms with van der Waals surface area (Å²) in [6.45, 7) is -0.0172. The number of nitrogens with one attached hydrogen (secondary N) is 1. The number of hydrogen-bond acceptors (Lipinski definition) is 4. The Morgan fingerprint density at radius 1 is 1.50 bits per heavy atom. The van der Waals surface area contributed by atoms with Gasteiger partial charge in [0.15, 0.2) is 0 Å². The van der Waals surface area contributed by atoms with Crippen LogP contribution in [0.3, 0.4) is 0 Å². The van der Waals surface area contributed by atoms with Crippen LogP contribution in [0.1, 0.15) is 23.2 Å². The Bertz CT molecular complexity index is 435. The number of nitrogen functional groups attached to an aromatic ring is 1. The minimum atomic E-state index is -4.22. The van der Waals surface area contributed by atoms with Crippen LogP contribution in [-0.2, 0) is 0 Å². The lowest BCUT2D eigenvalue weighted by molar-refractivity contribution is -0.134. The van der Waals surface area contributed by atoms with Crippen molar-refractivity contribution in [2.45, 2.75) is 19.0 Å². The highest BCUT2D eigenvalue weighted by Crippen LogP contribution is 2.21. The highest BCUT2D eigenvalue weighted by atomic mass is 19.4. The minimum absolute atomic E-state index is 0.0128. The SMILES string of the molecule is Nc1cnc(NCCCC(F)(F)F)c(C(=O)O)c1. The molecular formula is C10H12F3N3O2. The second-order valence-electron chi connectivity index (χ2n) is 3.62. The number of rotatable bonds is 5. The molecule has 0 saturated heterocycles. The standard InChI is InChI=1S/C10H12F3N3O2/c11-10(12,13)2-1-3-15-8-7(9(17)18)4-6(14)5-16-8/h4-5H,1-3,14H2,(H,15,16)(H,17,18). The van der Waals surface area contributed by atoms with Crippen LogP contribution in [0.5, 0.6) is 0 Å². The van der Waals surface area contributed by atoms with E-state index in [4.69, 9.17) is 10.8 Å². The highest BCUT2D eigenvalue weighted by Gasteiger charge is 2.26. The number of carboxylic acids is 1. The Labute approximate surface area is 101 Å². The number of carbonyl (C=O) groups is 1. The number of alkyl halides is 3. The van der Waals surface area contributed by atoms with Crippen molar-refractivity contribution in [2.24, 2.45) is 0 Å². The number of nitrogens with two attached hydrogens (primary N) is 1. The van der Waals surface area contributed by atoms with E-state index in [1.165, 1.54) is 12.3 Å². The molecule has 0 saturated carbocycles. The number of carboxylic acid groups (broad SMARTS) is 1. The molecule has 18 heavy (non-hydrogen) atoms. The molecule has 0 radical (unpaired) electrons. The number of aromatic nitrogens is 1. The van der Waals surface area contributed by atoms with Gasteiger partial charge in [-0.1, -0.05) is 0 Å². The molecule has 0 aliphatic heterocycles. The van der Waals surface area contributed by atoms with Gasteiger partial charge in [-0.25, -0.2) is 9.78 Å². The molecule has 0 unspecified atom stereocenters. The van der Waals surface area contributed by atoms with Crippen LogP contribution < -0.4 is 11.1 Å². The normalized spacial score (nSPS) is 11.3. The lowest BCUT2D eigenvalue weighted by atomic mass is 10.2. The van der Waals surface area contributed by atoms with Crippen LogP contribution in [-0.4, -0.2) is 28.8 Å². The van der Waals surface area contributed by atoms with Crippen LogP contribution >= 0.6 is 0 Å². The summed E-state index contributed by atoms with van der Waals surface area (Å²) in [7, 11) is 0. The van der Waals surface area contributed by atoms with Crippen LogP contribution in [0.2, 0.25) is 0 Å². The van der Waals surface area contributed by atoms with Crippen LogP contribution in [0.4, 0.5) is 24.7 Å². The molecule has 0 aliphatic carbocycles. The van der Waals surface area contributed by atoms with Gasteiger partial charge in [0.25, 0.3) is 0 Å². The van der Waals surface area contributed by atoms with Gasteiger partial charge in [0.05, 0.1) is 11.9 Å². The van der Waals surface area contributed by atoms with Gasteiger partial charge in [0.1, 0.15) is 11.4 Å². The quantitative estimate of drug-likeness (QED) is 0.708. The monoisotopic (exact) mass is 263 g/mol. The zero-order valence-corrected chi connectivity index (χ0v) is 9.29. The van der Waals surface area contributed by atoms with E-state index in [0.29, 0.717) is 0 Å². The molecule has 0 aromatic carbocycles. The van der Waals surface area contributed by atoms with E-state index in [-0.39, 0.29) is 30.0 Å². The Kier molecular flexibility index (Phi) is 4.35. The number of pyridine rings is 1. The molecule has 0 spiro atoms. The Morgan fingerprint density at radius 3 is 2.72 bits per heavy atom. The summed E-state index contributed by atoms with van der Waals surface area (Å²) in [5.41, 5.74) is 5.38. The van der Waals surface area contributed by atoms with Crippen molar-refractivity contribution in [3.05, 3.63) is 17.8 Å². The van der Waals surface area contributed by atoms with Gasteiger partial charge in [-0.2, -0.15) is 13.2 Å². The summed E-state index contributed by atoms with van der Waals surface area (Å²) in [5.74, 6) is -1.23. The number of anilines is 2. The molecule has 0 fully saturated rings. The van der Waals surface area contributed by atoms with Crippen LogP contribution in [0, 0.1) is 0 Å². The van der Waals surface area contributed by atoms with Crippen molar-refractivity contribution < 1.29 is 23.1 Å². The van der Waals surface area contributed by atoms with Gasteiger partial charge < -0.3 is 16.2 Å². The van der Waals surface area contributed by atoms with E-state index in [2.05, 4.69) is 10.3 Å². The van der Waals surface area contributed by atoms with E-state index in [0.717, 1.165) is 0 Å². The molecule has 1 aromatic rings. The van der Waals surface area contributed by atoms with Crippen LogP contribution in [0.15, 0.2) is 12.3 Å². The Balaban J connectivity index is 2.59. The first-order chi connectivity index (χ1) is 8.29. The molecule has 0 aliphatic rings. The second kappa shape index (κ2) is 5.56. The molecule has 100 valence electrons. The van der Waals surface area contributed by atoms with Crippen LogP contribution in [0.25, 0.3) is 0 Å².